The van der Waals surface area contributed by atoms with E-state index >= 15 is 0 Å². The maximum atomic E-state index is 12.0. The Hall–Kier alpha value is -1.30. The Bertz CT molecular complexity index is 739. The largest absolute Gasteiger partial charge is 0.350 e. The number of benzene rings is 1. The summed E-state index contributed by atoms with van der Waals surface area (Å²) in [6.45, 7) is 4.11. The molecule has 2 aromatic rings. The quantitative estimate of drug-likeness (QED) is 0.883. The molecule has 1 unspecified atom stereocenters. The highest BCUT2D eigenvalue weighted by Crippen LogP contribution is 2.25. The number of rotatable bonds is 5. The van der Waals surface area contributed by atoms with Crippen LogP contribution in [0.4, 0.5) is 0 Å². The smallest absolute Gasteiger partial charge is 0.307 e. The van der Waals surface area contributed by atoms with E-state index in [0.29, 0.717) is 16.6 Å². The standard InChI is InChI=1S/C15H16Cl2N2O2S/c1-9-8-22-15(21)19(9)6-5-14(20)18-10(2)11-3-4-12(16)13(17)7-11/h3-4,7-8,10H,5-6H2,1-2H3,(H,18,20). The molecule has 1 heterocycles. The van der Waals surface area contributed by atoms with E-state index in [1.165, 1.54) is 0 Å². The molecule has 0 bridgehead atoms. The van der Waals surface area contributed by atoms with Crippen molar-refractivity contribution in [3.63, 3.8) is 0 Å². The Kier molecular flexibility index (Phi) is 5.67. The molecule has 22 heavy (non-hydrogen) atoms. The topological polar surface area (TPSA) is 51.1 Å². The van der Waals surface area contributed by atoms with Crippen LogP contribution in [0, 0.1) is 6.92 Å². The van der Waals surface area contributed by atoms with Crippen LogP contribution in [0.25, 0.3) is 0 Å². The maximum absolute atomic E-state index is 12.0. The van der Waals surface area contributed by atoms with Gasteiger partial charge in [0, 0.05) is 24.0 Å². The fourth-order valence-corrected chi connectivity index (χ4v) is 3.13. The van der Waals surface area contributed by atoms with Gasteiger partial charge in [0.05, 0.1) is 16.1 Å². The number of halogens is 2. The number of nitrogens with zero attached hydrogens (tertiary/aromatic N) is 1. The summed E-state index contributed by atoms with van der Waals surface area (Å²) in [7, 11) is 0. The van der Waals surface area contributed by atoms with Gasteiger partial charge in [0.2, 0.25) is 5.91 Å². The first-order chi connectivity index (χ1) is 10.4. The van der Waals surface area contributed by atoms with Crippen molar-refractivity contribution in [1.82, 2.24) is 9.88 Å². The molecule has 1 aromatic heterocycles. The van der Waals surface area contributed by atoms with Gasteiger partial charge in [0.25, 0.3) is 0 Å². The second kappa shape index (κ2) is 7.31. The maximum Gasteiger partial charge on any atom is 0.307 e. The van der Waals surface area contributed by atoms with Crippen LogP contribution in [-0.4, -0.2) is 10.5 Å². The van der Waals surface area contributed by atoms with Crippen molar-refractivity contribution in [2.45, 2.75) is 32.9 Å². The Labute approximate surface area is 142 Å². The van der Waals surface area contributed by atoms with Crippen LogP contribution < -0.4 is 10.2 Å². The lowest BCUT2D eigenvalue weighted by molar-refractivity contribution is -0.121. The molecule has 1 amide bonds. The third kappa shape index (κ3) is 4.12. The van der Waals surface area contributed by atoms with Crippen LogP contribution in [-0.2, 0) is 11.3 Å². The van der Waals surface area contributed by atoms with Gasteiger partial charge in [-0.1, -0.05) is 40.6 Å². The van der Waals surface area contributed by atoms with E-state index in [-0.39, 0.29) is 23.2 Å². The second-order valence-electron chi connectivity index (χ2n) is 5.01. The number of nitrogens with one attached hydrogen (secondary N) is 1. The highest BCUT2D eigenvalue weighted by Gasteiger charge is 2.12. The summed E-state index contributed by atoms with van der Waals surface area (Å²) in [5.74, 6) is -0.115. The minimum Gasteiger partial charge on any atom is -0.350 e. The van der Waals surface area contributed by atoms with Gasteiger partial charge < -0.3 is 9.88 Å². The van der Waals surface area contributed by atoms with Gasteiger partial charge in [-0.25, -0.2) is 0 Å². The first kappa shape index (κ1) is 17.1. The lowest BCUT2D eigenvalue weighted by Gasteiger charge is -2.15. The molecular weight excluding hydrogens is 343 g/mol. The van der Waals surface area contributed by atoms with E-state index in [4.69, 9.17) is 23.2 Å². The van der Waals surface area contributed by atoms with E-state index in [0.717, 1.165) is 22.6 Å². The van der Waals surface area contributed by atoms with Gasteiger partial charge in [0.15, 0.2) is 0 Å². The van der Waals surface area contributed by atoms with Gasteiger partial charge in [-0.2, -0.15) is 0 Å². The summed E-state index contributed by atoms with van der Waals surface area (Å²) in [6, 6.07) is 5.09. The van der Waals surface area contributed by atoms with Gasteiger partial charge >= 0.3 is 4.87 Å². The molecule has 0 spiro atoms. The van der Waals surface area contributed by atoms with E-state index in [1.54, 1.807) is 22.1 Å². The number of hydrogen-bond acceptors (Lipinski definition) is 3. The molecule has 0 aliphatic carbocycles. The minimum absolute atomic E-state index is 0.0390. The summed E-state index contributed by atoms with van der Waals surface area (Å²) in [4.78, 5) is 23.6. The molecule has 0 saturated heterocycles. The Morgan fingerprint density at radius 2 is 2.09 bits per heavy atom. The predicted molar refractivity (Wildman–Crippen MR) is 91.0 cm³/mol. The third-order valence-corrected chi connectivity index (χ3v) is 4.98. The lowest BCUT2D eigenvalue weighted by Crippen LogP contribution is -2.28. The zero-order valence-electron chi connectivity index (χ0n) is 12.2. The number of hydrogen-bond donors (Lipinski definition) is 1. The van der Waals surface area contributed by atoms with Crippen LogP contribution in [0.1, 0.15) is 30.6 Å². The molecule has 4 nitrogen and oxygen atoms in total. The molecule has 1 atom stereocenters. The lowest BCUT2D eigenvalue weighted by atomic mass is 10.1. The van der Waals surface area contributed by atoms with Crippen molar-refractivity contribution in [2.75, 3.05) is 0 Å². The number of amides is 1. The number of aryl methyl sites for hydroxylation is 1. The molecule has 1 N–H and O–H groups in total. The van der Waals surface area contributed by atoms with Crippen LogP contribution >= 0.6 is 34.5 Å². The molecule has 0 fully saturated rings. The molecule has 0 aliphatic heterocycles. The monoisotopic (exact) mass is 358 g/mol. The van der Waals surface area contributed by atoms with E-state index in [1.807, 2.05) is 19.9 Å². The van der Waals surface area contributed by atoms with Crippen molar-refractivity contribution in [3.05, 3.63) is 54.5 Å². The van der Waals surface area contributed by atoms with E-state index < -0.39 is 0 Å². The molecule has 7 heteroatoms. The third-order valence-electron chi connectivity index (χ3n) is 3.36. The molecule has 0 saturated carbocycles. The molecule has 2 rings (SSSR count). The average molecular weight is 359 g/mol. The van der Waals surface area contributed by atoms with Crippen LogP contribution in [0.15, 0.2) is 28.4 Å². The van der Waals surface area contributed by atoms with Crippen molar-refractivity contribution < 1.29 is 4.79 Å². The zero-order valence-corrected chi connectivity index (χ0v) is 14.6. The first-order valence-electron chi connectivity index (χ1n) is 6.77. The number of aromatic nitrogens is 1. The summed E-state index contributed by atoms with van der Waals surface area (Å²) in [5, 5.41) is 5.62. The van der Waals surface area contributed by atoms with Gasteiger partial charge in [-0.15, -0.1) is 0 Å². The van der Waals surface area contributed by atoms with Crippen molar-refractivity contribution >= 4 is 40.4 Å². The predicted octanol–water partition coefficient (Wildman–Crippen LogP) is 3.79. The fraction of sp³-hybridized carbons (Fsp3) is 0.333. The normalized spacial score (nSPS) is 12.2. The zero-order chi connectivity index (χ0) is 16.3. The molecule has 118 valence electrons. The summed E-state index contributed by atoms with van der Waals surface area (Å²) >= 11 is 13.0. The first-order valence-corrected chi connectivity index (χ1v) is 8.41. The Balaban J connectivity index is 1.94. The highest BCUT2D eigenvalue weighted by molar-refractivity contribution is 7.07. The van der Waals surface area contributed by atoms with Crippen LogP contribution in [0.5, 0.6) is 0 Å². The molecule has 0 radical (unpaired) electrons. The van der Waals surface area contributed by atoms with E-state index in [9.17, 15) is 9.59 Å². The van der Waals surface area contributed by atoms with Crippen LogP contribution in [0.3, 0.4) is 0 Å². The summed E-state index contributed by atoms with van der Waals surface area (Å²) in [6.07, 6.45) is 0.253. The Morgan fingerprint density at radius 1 is 1.36 bits per heavy atom. The molecular formula is C15H16Cl2N2O2S. The van der Waals surface area contributed by atoms with Gasteiger partial charge in [-0.05, 0) is 31.5 Å². The van der Waals surface area contributed by atoms with Crippen molar-refractivity contribution in [3.8, 4) is 0 Å². The van der Waals surface area contributed by atoms with Crippen molar-refractivity contribution in [2.24, 2.45) is 0 Å². The van der Waals surface area contributed by atoms with E-state index in [2.05, 4.69) is 5.32 Å². The van der Waals surface area contributed by atoms with Crippen molar-refractivity contribution in [1.29, 1.82) is 0 Å². The number of carbonyl (C=O) groups is 1. The van der Waals surface area contributed by atoms with Gasteiger partial charge in [0.1, 0.15) is 0 Å². The highest BCUT2D eigenvalue weighted by atomic mass is 35.5. The second-order valence-corrected chi connectivity index (χ2v) is 6.64. The van der Waals surface area contributed by atoms with Gasteiger partial charge in [-0.3, -0.25) is 9.59 Å². The number of thiazole rings is 1. The fourth-order valence-electron chi connectivity index (χ4n) is 2.07. The minimum atomic E-state index is -0.178. The summed E-state index contributed by atoms with van der Waals surface area (Å²) in [5.41, 5.74) is 1.76. The SMILES string of the molecule is Cc1csc(=O)n1CCC(=O)NC(C)c1ccc(Cl)c(Cl)c1. The molecule has 1 aromatic carbocycles. The van der Waals surface area contributed by atoms with Crippen LogP contribution in [0.2, 0.25) is 10.0 Å². The average Bonchev–Trinajstić information content (AvgIpc) is 2.78. The molecule has 0 aliphatic rings. The number of carbonyl (C=O) groups excluding carboxylic acids is 1. The Morgan fingerprint density at radius 3 is 2.68 bits per heavy atom. The summed E-state index contributed by atoms with van der Waals surface area (Å²) < 4.78 is 1.61.